The standard InChI is InChI=1S/C44H26N4/c45-27-35-41(29-15-3-1-4-16-29)44(48-39-25-13-9-21-33(39)34-22-10-14-26-40(34)48)42(30-17-5-2-6-18-30)36(28-46)43(35)47-37-23-11-7-19-31(37)32-20-8-12-24-38(32)47/h1-26H. The van der Waals surface area contributed by atoms with E-state index in [4.69, 9.17) is 0 Å². The first-order valence-electron chi connectivity index (χ1n) is 15.9. The lowest BCUT2D eigenvalue weighted by atomic mass is 9.86. The predicted molar refractivity (Wildman–Crippen MR) is 195 cm³/mol. The molecule has 0 unspecified atom stereocenters. The van der Waals surface area contributed by atoms with Crippen LogP contribution >= 0.6 is 0 Å². The zero-order valence-corrected chi connectivity index (χ0v) is 25.8. The van der Waals surface area contributed by atoms with E-state index in [1.165, 1.54) is 0 Å². The quantitative estimate of drug-likeness (QED) is 0.199. The molecule has 0 fully saturated rings. The van der Waals surface area contributed by atoms with Gasteiger partial charge in [0, 0.05) is 32.7 Å². The van der Waals surface area contributed by atoms with E-state index < -0.39 is 0 Å². The van der Waals surface area contributed by atoms with Gasteiger partial charge in [-0.3, -0.25) is 0 Å². The van der Waals surface area contributed by atoms with E-state index in [1.807, 2.05) is 72.8 Å². The van der Waals surface area contributed by atoms with Crippen LogP contribution in [-0.4, -0.2) is 9.13 Å². The van der Waals surface area contributed by atoms with Gasteiger partial charge >= 0.3 is 0 Å². The van der Waals surface area contributed by atoms with E-state index in [0.29, 0.717) is 16.8 Å². The molecule has 0 radical (unpaired) electrons. The molecule has 2 aromatic heterocycles. The molecule has 0 aliphatic rings. The van der Waals surface area contributed by atoms with Crippen LogP contribution in [0.1, 0.15) is 11.1 Å². The molecule has 0 amide bonds. The van der Waals surface area contributed by atoms with Crippen molar-refractivity contribution in [3.63, 3.8) is 0 Å². The van der Waals surface area contributed by atoms with Crippen molar-refractivity contribution in [1.82, 2.24) is 9.13 Å². The summed E-state index contributed by atoms with van der Waals surface area (Å²) >= 11 is 0. The minimum absolute atomic E-state index is 0.445. The summed E-state index contributed by atoms with van der Waals surface area (Å²) in [6.45, 7) is 0. The number of hydrogen-bond donors (Lipinski definition) is 0. The van der Waals surface area contributed by atoms with Gasteiger partial charge in [-0.05, 0) is 35.4 Å². The Morgan fingerprint density at radius 2 is 0.625 bits per heavy atom. The first-order valence-corrected chi connectivity index (χ1v) is 15.9. The van der Waals surface area contributed by atoms with Crippen molar-refractivity contribution in [2.75, 3.05) is 0 Å². The van der Waals surface area contributed by atoms with Crippen molar-refractivity contribution >= 4 is 43.6 Å². The minimum atomic E-state index is 0.445. The molecule has 48 heavy (non-hydrogen) atoms. The molecular weight excluding hydrogens is 585 g/mol. The molecule has 0 saturated heterocycles. The maximum Gasteiger partial charge on any atom is 0.102 e. The molecule has 0 saturated carbocycles. The Balaban J connectivity index is 1.60. The molecule has 9 aromatic rings. The van der Waals surface area contributed by atoms with Crippen LogP contribution in [0.5, 0.6) is 0 Å². The Morgan fingerprint density at radius 1 is 0.333 bits per heavy atom. The van der Waals surface area contributed by atoms with Crippen LogP contribution in [-0.2, 0) is 0 Å². The Morgan fingerprint density at radius 3 is 0.958 bits per heavy atom. The zero-order valence-electron chi connectivity index (χ0n) is 25.8. The lowest BCUT2D eigenvalue weighted by Crippen LogP contribution is -2.11. The Hall–Kier alpha value is -6.88. The largest absolute Gasteiger partial charge is 0.308 e. The molecular formula is C44H26N4. The summed E-state index contributed by atoms with van der Waals surface area (Å²) in [6, 6.07) is 58.7. The lowest BCUT2D eigenvalue weighted by molar-refractivity contribution is 1.13. The van der Waals surface area contributed by atoms with Crippen LogP contribution in [0.25, 0.3) is 77.2 Å². The molecule has 0 N–H and O–H groups in total. The SMILES string of the molecule is N#Cc1c(-c2ccccc2)c(-n2c3ccccc3c3ccccc32)c(-c2ccccc2)c(C#N)c1-n1c2ccccc2c2ccccc21. The third kappa shape index (κ3) is 3.88. The molecule has 9 rings (SSSR count). The monoisotopic (exact) mass is 610 g/mol. The average molecular weight is 611 g/mol. The van der Waals surface area contributed by atoms with Crippen molar-refractivity contribution < 1.29 is 0 Å². The van der Waals surface area contributed by atoms with E-state index in [2.05, 4.69) is 106 Å². The molecule has 0 atom stereocenters. The first-order chi connectivity index (χ1) is 23.8. The number of benzene rings is 7. The van der Waals surface area contributed by atoms with Crippen LogP contribution < -0.4 is 0 Å². The topological polar surface area (TPSA) is 57.4 Å². The number of rotatable bonds is 4. The molecule has 0 spiro atoms. The fourth-order valence-electron chi connectivity index (χ4n) is 7.49. The fraction of sp³-hybridized carbons (Fsp3) is 0. The maximum absolute atomic E-state index is 11.4. The van der Waals surface area contributed by atoms with E-state index in [-0.39, 0.29) is 0 Å². The summed E-state index contributed by atoms with van der Waals surface area (Å²) in [5.41, 5.74) is 9.52. The van der Waals surface area contributed by atoms with Crippen LogP contribution in [0.3, 0.4) is 0 Å². The molecule has 4 nitrogen and oxygen atoms in total. The second kappa shape index (κ2) is 10.9. The zero-order chi connectivity index (χ0) is 32.2. The number of fused-ring (bicyclic) bond motifs is 6. The number of nitrogens with zero attached hydrogens (tertiary/aromatic N) is 4. The predicted octanol–water partition coefficient (Wildman–Crippen LogP) is 11.0. The normalized spacial score (nSPS) is 11.3. The smallest absolute Gasteiger partial charge is 0.102 e. The summed E-state index contributed by atoms with van der Waals surface area (Å²) < 4.78 is 4.38. The van der Waals surface area contributed by atoms with Gasteiger partial charge in [0.25, 0.3) is 0 Å². The van der Waals surface area contributed by atoms with Gasteiger partial charge in [0.05, 0.1) is 44.6 Å². The molecule has 4 heteroatoms. The highest BCUT2D eigenvalue weighted by Crippen LogP contribution is 2.48. The van der Waals surface area contributed by atoms with Crippen LogP contribution in [0.4, 0.5) is 0 Å². The Bertz CT molecular complexity index is 2600. The van der Waals surface area contributed by atoms with Crippen molar-refractivity contribution in [2.45, 2.75) is 0 Å². The second-order valence-corrected chi connectivity index (χ2v) is 11.9. The Kier molecular flexibility index (Phi) is 6.22. The maximum atomic E-state index is 11.4. The molecule has 0 aliphatic heterocycles. The first kappa shape index (κ1) is 27.4. The number of aromatic nitrogens is 2. The van der Waals surface area contributed by atoms with E-state index in [0.717, 1.165) is 71.6 Å². The minimum Gasteiger partial charge on any atom is -0.308 e. The highest BCUT2D eigenvalue weighted by atomic mass is 15.0. The van der Waals surface area contributed by atoms with Crippen molar-refractivity contribution in [1.29, 1.82) is 10.5 Å². The average Bonchev–Trinajstić information content (AvgIpc) is 3.67. The number of hydrogen-bond acceptors (Lipinski definition) is 2. The highest BCUT2D eigenvalue weighted by molar-refractivity contribution is 6.13. The van der Waals surface area contributed by atoms with Crippen molar-refractivity contribution in [2.24, 2.45) is 0 Å². The van der Waals surface area contributed by atoms with Gasteiger partial charge in [0.2, 0.25) is 0 Å². The Labute approximate surface area is 277 Å². The van der Waals surface area contributed by atoms with Gasteiger partial charge in [-0.25, -0.2) is 0 Å². The van der Waals surface area contributed by atoms with Gasteiger partial charge < -0.3 is 9.13 Å². The molecule has 0 bridgehead atoms. The van der Waals surface area contributed by atoms with Gasteiger partial charge in [-0.15, -0.1) is 0 Å². The fourth-order valence-corrected chi connectivity index (χ4v) is 7.49. The van der Waals surface area contributed by atoms with Crippen LogP contribution in [0.2, 0.25) is 0 Å². The second-order valence-electron chi connectivity index (χ2n) is 11.9. The van der Waals surface area contributed by atoms with E-state index in [9.17, 15) is 10.5 Å². The van der Waals surface area contributed by atoms with Crippen molar-refractivity contribution in [3.8, 4) is 45.8 Å². The summed E-state index contributed by atoms with van der Waals surface area (Å²) in [4.78, 5) is 0. The number of nitriles is 2. The summed E-state index contributed by atoms with van der Waals surface area (Å²) in [5.74, 6) is 0. The summed E-state index contributed by atoms with van der Waals surface area (Å²) in [6.07, 6.45) is 0. The molecule has 222 valence electrons. The van der Waals surface area contributed by atoms with Crippen molar-refractivity contribution in [3.05, 3.63) is 169 Å². The summed E-state index contributed by atoms with van der Waals surface area (Å²) in [5, 5.41) is 27.0. The highest BCUT2D eigenvalue weighted by Gasteiger charge is 2.31. The molecule has 7 aromatic carbocycles. The molecule has 0 aliphatic carbocycles. The van der Waals surface area contributed by atoms with E-state index >= 15 is 0 Å². The van der Waals surface area contributed by atoms with Crippen LogP contribution in [0.15, 0.2) is 158 Å². The van der Waals surface area contributed by atoms with Gasteiger partial charge in [0.15, 0.2) is 0 Å². The van der Waals surface area contributed by atoms with E-state index in [1.54, 1.807) is 0 Å². The molecule has 2 heterocycles. The summed E-state index contributed by atoms with van der Waals surface area (Å²) in [7, 11) is 0. The lowest BCUT2D eigenvalue weighted by Gasteiger charge is -2.25. The van der Waals surface area contributed by atoms with Crippen LogP contribution in [0, 0.1) is 22.7 Å². The third-order valence-electron chi connectivity index (χ3n) is 9.40. The van der Waals surface area contributed by atoms with Gasteiger partial charge in [0.1, 0.15) is 12.1 Å². The number of para-hydroxylation sites is 4. The van der Waals surface area contributed by atoms with Gasteiger partial charge in [-0.1, -0.05) is 133 Å². The third-order valence-corrected chi connectivity index (χ3v) is 9.40. The van der Waals surface area contributed by atoms with Gasteiger partial charge in [-0.2, -0.15) is 10.5 Å².